The second-order valence-electron chi connectivity index (χ2n) is 6.23. The normalized spacial score (nSPS) is 13.3. The van der Waals surface area contributed by atoms with Gasteiger partial charge in [-0.15, -0.1) is 0 Å². The summed E-state index contributed by atoms with van der Waals surface area (Å²) in [6, 6.07) is 11.0. The summed E-state index contributed by atoms with van der Waals surface area (Å²) in [6.07, 6.45) is 1.56. The molecule has 0 unspecified atom stereocenters. The van der Waals surface area contributed by atoms with Gasteiger partial charge in [0.05, 0.1) is 17.9 Å². The van der Waals surface area contributed by atoms with Crippen molar-refractivity contribution in [2.24, 2.45) is 0 Å². The van der Waals surface area contributed by atoms with E-state index in [1.165, 1.54) is 0 Å². The van der Waals surface area contributed by atoms with Crippen molar-refractivity contribution < 1.29 is 14.3 Å². The van der Waals surface area contributed by atoms with Gasteiger partial charge in [-0.05, 0) is 62.1 Å². The maximum Gasteiger partial charge on any atom is 0.299 e. The number of fused-ring (bicyclic) bond motifs is 1. The minimum absolute atomic E-state index is 0.418. The molecule has 4 nitrogen and oxygen atoms in total. The molecular weight excluding hydrogens is 338 g/mol. The molecule has 2 aromatic carbocycles. The summed E-state index contributed by atoms with van der Waals surface area (Å²) in [5.74, 6) is -0.0535. The van der Waals surface area contributed by atoms with E-state index in [9.17, 15) is 9.59 Å². The molecule has 0 atom stereocenters. The smallest absolute Gasteiger partial charge is 0.299 e. The lowest BCUT2D eigenvalue weighted by atomic mass is 10.1. The Kier molecular flexibility index (Phi) is 5.09. The Bertz CT molecular complexity index is 808. The number of nitrogens with zero attached hydrogens (tertiary/aromatic N) is 1. The number of benzene rings is 2. The molecule has 1 aliphatic heterocycles. The second kappa shape index (κ2) is 7.28. The van der Waals surface area contributed by atoms with Crippen molar-refractivity contribution in [1.29, 1.82) is 0 Å². The Morgan fingerprint density at radius 2 is 1.72 bits per heavy atom. The highest BCUT2D eigenvalue weighted by molar-refractivity contribution is 6.52. The third-order valence-electron chi connectivity index (χ3n) is 4.33. The van der Waals surface area contributed by atoms with Crippen molar-refractivity contribution in [3.05, 3.63) is 58.1 Å². The first kappa shape index (κ1) is 17.5. The summed E-state index contributed by atoms with van der Waals surface area (Å²) in [5, 5.41) is 0.767. The Morgan fingerprint density at radius 3 is 2.44 bits per heavy atom. The number of carbonyl (C=O) groups excluding carboxylic acids is 2. The third-order valence-corrected chi connectivity index (χ3v) is 4.93. The number of ketones is 1. The summed E-state index contributed by atoms with van der Waals surface area (Å²) in [5.41, 5.74) is 3.20. The number of hydrogen-bond acceptors (Lipinski definition) is 3. The number of amides is 1. The Hall–Kier alpha value is -2.33. The van der Waals surface area contributed by atoms with Crippen molar-refractivity contribution in [3.63, 3.8) is 0 Å². The fraction of sp³-hybridized carbons (Fsp3) is 0.300. The molecule has 25 heavy (non-hydrogen) atoms. The van der Waals surface area contributed by atoms with Gasteiger partial charge in [-0.25, -0.2) is 0 Å². The van der Waals surface area contributed by atoms with E-state index in [1.807, 2.05) is 38.1 Å². The first-order chi connectivity index (χ1) is 12.0. The molecule has 0 spiro atoms. The quantitative estimate of drug-likeness (QED) is 0.570. The zero-order valence-electron chi connectivity index (χ0n) is 14.3. The van der Waals surface area contributed by atoms with E-state index in [-0.39, 0.29) is 0 Å². The number of Topliss-reactive ketones (excluding diaryl/α,β-unsaturated/α-hetero) is 1. The average Bonchev–Trinajstić information content (AvgIpc) is 2.84. The third kappa shape index (κ3) is 3.54. The molecule has 0 radical (unpaired) electrons. The molecule has 0 bridgehead atoms. The molecule has 0 saturated heterocycles. The van der Waals surface area contributed by atoms with Gasteiger partial charge in [-0.3, -0.25) is 9.59 Å². The van der Waals surface area contributed by atoms with Gasteiger partial charge in [0.2, 0.25) is 0 Å². The Labute approximate surface area is 152 Å². The van der Waals surface area contributed by atoms with Crippen LogP contribution in [0.3, 0.4) is 0 Å². The summed E-state index contributed by atoms with van der Waals surface area (Å²) in [6.45, 7) is 4.98. The highest BCUT2D eigenvalue weighted by Crippen LogP contribution is 2.29. The van der Waals surface area contributed by atoms with Gasteiger partial charge in [0.1, 0.15) is 5.75 Å². The van der Waals surface area contributed by atoms with Crippen LogP contribution in [0, 0.1) is 13.8 Å². The topological polar surface area (TPSA) is 46.6 Å². The molecule has 0 fully saturated rings. The van der Waals surface area contributed by atoms with E-state index in [2.05, 4.69) is 0 Å². The predicted octanol–water partition coefficient (Wildman–Crippen LogP) is 4.35. The van der Waals surface area contributed by atoms with Crippen LogP contribution in [-0.2, 0) is 4.79 Å². The van der Waals surface area contributed by atoms with Gasteiger partial charge < -0.3 is 9.64 Å². The first-order valence-electron chi connectivity index (χ1n) is 8.34. The van der Waals surface area contributed by atoms with Crippen LogP contribution in [0.2, 0.25) is 5.02 Å². The molecule has 1 amide bonds. The predicted molar refractivity (Wildman–Crippen MR) is 98.8 cm³/mol. The number of ether oxygens (including phenoxy) is 1. The SMILES string of the molecule is Cc1cc(OCCCCN2C(=O)C(=O)c3ccccc32)cc(C)c1Cl. The van der Waals surface area contributed by atoms with Crippen LogP contribution in [-0.4, -0.2) is 24.8 Å². The zero-order chi connectivity index (χ0) is 18.0. The standard InChI is InChI=1S/C20H20ClNO3/c1-13-11-15(12-14(2)18(13)21)25-10-6-5-9-22-17-8-4-3-7-16(17)19(23)20(22)24/h3-4,7-8,11-12H,5-6,9-10H2,1-2H3. The summed E-state index contributed by atoms with van der Waals surface area (Å²) in [4.78, 5) is 25.6. The van der Waals surface area contributed by atoms with Gasteiger partial charge in [0.25, 0.3) is 11.7 Å². The van der Waals surface area contributed by atoms with E-state index >= 15 is 0 Å². The number of halogens is 1. The largest absolute Gasteiger partial charge is 0.494 e. The number of unbranched alkanes of at least 4 members (excludes halogenated alkanes) is 1. The molecule has 2 aromatic rings. The lowest BCUT2D eigenvalue weighted by molar-refractivity contribution is -0.114. The Morgan fingerprint density at radius 1 is 1.04 bits per heavy atom. The van der Waals surface area contributed by atoms with Crippen LogP contribution < -0.4 is 9.64 Å². The van der Waals surface area contributed by atoms with Crippen molar-refractivity contribution in [2.75, 3.05) is 18.1 Å². The van der Waals surface area contributed by atoms with Crippen molar-refractivity contribution >= 4 is 29.0 Å². The van der Waals surface area contributed by atoms with Gasteiger partial charge >= 0.3 is 0 Å². The van der Waals surface area contributed by atoms with Gasteiger partial charge in [0, 0.05) is 11.6 Å². The molecule has 0 aliphatic carbocycles. The lowest BCUT2D eigenvalue weighted by Gasteiger charge is -2.16. The minimum atomic E-state index is -0.439. The molecule has 1 heterocycles. The summed E-state index contributed by atoms with van der Waals surface area (Å²) in [7, 11) is 0. The van der Waals surface area contributed by atoms with Crippen molar-refractivity contribution in [2.45, 2.75) is 26.7 Å². The number of anilines is 1. The lowest BCUT2D eigenvalue weighted by Crippen LogP contribution is -2.30. The second-order valence-corrected chi connectivity index (χ2v) is 6.61. The Balaban J connectivity index is 1.51. The highest BCUT2D eigenvalue weighted by Gasteiger charge is 2.34. The number of para-hydroxylation sites is 1. The summed E-state index contributed by atoms with van der Waals surface area (Å²) >= 11 is 6.15. The zero-order valence-corrected chi connectivity index (χ0v) is 15.1. The average molecular weight is 358 g/mol. The summed E-state index contributed by atoms with van der Waals surface area (Å²) < 4.78 is 5.78. The van der Waals surface area contributed by atoms with Crippen molar-refractivity contribution in [3.8, 4) is 5.75 Å². The first-order valence-corrected chi connectivity index (χ1v) is 8.71. The minimum Gasteiger partial charge on any atom is -0.494 e. The molecule has 130 valence electrons. The number of carbonyl (C=O) groups is 2. The van der Waals surface area contributed by atoms with Crippen LogP contribution in [0.4, 0.5) is 5.69 Å². The van der Waals surface area contributed by atoms with Gasteiger partial charge in [-0.2, -0.15) is 0 Å². The molecular formula is C20H20ClNO3. The molecule has 0 aromatic heterocycles. The van der Waals surface area contributed by atoms with Crippen molar-refractivity contribution in [1.82, 2.24) is 0 Å². The fourth-order valence-corrected chi connectivity index (χ4v) is 3.13. The van der Waals surface area contributed by atoms with Crippen LogP contribution in [0.15, 0.2) is 36.4 Å². The monoisotopic (exact) mass is 357 g/mol. The molecule has 1 aliphatic rings. The highest BCUT2D eigenvalue weighted by atomic mass is 35.5. The molecule has 0 saturated carbocycles. The maximum absolute atomic E-state index is 12.1. The molecule has 5 heteroatoms. The fourth-order valence-electron chi connectivity index (χ4n) is 3.02. The molecule has 3 rings (SSSR count). The van der Waals surface area contributed by atoms with Gasteiger partial charge in [-0.1, -0.05) is 23.7 Å². The van der Waals surface area contributed by atoms with Gasteiger partial charge in [0.15, 0.2) is 0 Å². The number of aryl methyl sites for hydroxylation is 2. The number of hydrogen-bond donors (Lipinski definition) is 0. The van der Waals surface area contributed by atoms with E-state index in [0.29, 0.717) is 24.4 Å². The maximum atomic E-state index is 12.1. The van der Waals surface area contributed by atoms with Crippen LogP contribution in [0.1, 0.15) is 34.3 Å². The van der Waals surface area contributed by atoms with E-state index < -0.39 is 11.7 Å². The van der Waals surface area contributed by atoms with Crippen LogP contribution >= 0.6 is 11.6 Å². The molecule has 0 N–H and O–H groups in total. The number of rotatable bonds is 6. The van der Waals surface area contributed by atoms with E-state index in [0.717, 1.165) is 34.7 Å². The van der Waals surface area contributed by atoms with Crippen LogP contribution in [0.5, 0.6) is 5.75 Å². The van der Waals surface area contributed by atoms with E-state index in [1.54, 1.807) is 17.0 Å². The van der Waals surface area contributed by atoms with Crippen LogP contribution in [0.25, 0.3) is 0 Å². The van der Waals surface area contributed by atoms with E-state index in [4.69, 9.17) is 16.3 Å².